The average Bonchev–Trinajstić information content (AvgIpc) is 3.65. The molecule has 258 valence electrons. The Kier molecular flexibility index (Phi) is 7.07. The maximum atomic E-state index is 7.04. The predicted molar refractivity (Wildman–Crippen MR) is 221 cm³/mol. The highest BCUT2D eigenvalue weighted by Gasteiger charge is 2.29. The first kappa shape index (κ1) is 31.0. The molecular formula is C49H30N4O2. The maximum Gasteiger partial charge on any atom is 0.164 e. The summed E-state index contributed by atoms with van der Waals surface area (Å²) in [5.74, 6) is 3.40. The Morgan fingerprint density at radius 3 is 1.73 bits per heavy atom. The predicted octanol–water partition coefficient (Wildman–Crippen LogP) is 13.2. The van der Waals surface area contributed by atoms with Gasteiger partial charge in [0.25, 0.3) is 0 Å². The molecule has 0 amide bonds. The van der Waals surface area contributed by atoms with Crippen molar-refractivity contribution >= 4 is 49.8 Å². The fraction of sp³-hybridized carbons (Fsp3) is 0. The van der Waals surface area contributed by atoms with Gasteiger partial charge in [-0.05, 0) is 59.5 Å². The number of furan rings is 1. The minimum Gasteiger partial charge on any atom is -0.456 e. The maximum absolute atomic E-state index is 7.04. The number of para-hydroxylation sites is 3. The van der Waals surface area contributed by atoms with Gasteiger partial charge in [-0.2, -0.15) is 0 Å². The zero-order valence-corrected chi connectivity index (χ0v) is 29.4. The molecule has 10 aromatic rings. The van der Waals surface area contributed by atoms with Gasteiger partial charge in [-0.1, -0.05) is 133 Å². The van der Waals surface area contributed by atoms with Gasteiger partial charge in [-0.15, -0.1) is 0 Å². The number of aromatic nitrogens is 3. The van der Waals surface area contributed by atoms with Crippen LogP contribution in [0, 0.1) is 0 Å². The van der Waals surface area contributed by atoms with Gasteiger partial charge in [0.1, 0.15) is 16.9 Å². The molecule has 11 rings (SSSR count). The van der Waals surface area contributed by atoms with E-state index in [-0.39, 0.29) is 0 Å². The molecule has 0 saturated heterocycles. The molecule has 0 atom stereocenters. The average molecular weight is 707 g/mol. The van der Waals surface area contributed by atoms with Crippen molar-refractivity contribution in [2.75, 3.05) is 4.90 Å². The molecule has 1 aliphatic rings. The molecule has 0 aliphatic carbocycles. The van der Waals surface area contributed by atoms with Crippen LogP contribution in [0.25, 0.3) is 78.0 Å². The number of nitrogens with zero attached hydrogens (tertiary/aromatic N) is 4. The van der Waals surface area contributed by atoms with Crippen molar-refractivity contribution in [2.24, 2.45) is 0 Å². The Labute approximate surface area is 316 Å². The zero-order valence-electron chi connectivity index (χ0n) is 29.4. The summed E-state index contributed by atoms with van der Waals surface area (Å²) in [6, 6.07) is 61.9. The van der Waals surface area contributed by atoms with Crippen LogP contribution in [-0.2, 0) is 0 Å². The molecule has 3 heterocycles. The molecule has 2 aromatic heterocycles. The fourth-order valence-corrected chi connectivity index (χ4v) is 7.87. The molecular weight excluding hydrogens is 677 g/mol. The van der Waals surface area contributed by atoms with Crippen LogP contribution < -0.4 is 9.64 Å². The van der Waals surface area contributed by atoms with Crippen LogP contribution in [0.3, 0.4) is 0 Å². The third-order valence-corrected chi connectivity index (χ3v) is 10.3. The number of hydrogen-bond donors (Lipinski definition) is 0. The van der Waals surface area contributed by atoms with E-state index in [4.69, 9.17) is 24.1 Å². The molecule has 1 aliphatic heterocycles. The largest absolute Gasteiger partial charge is 0.456 e. The van der Waals surface area contributed by atoms with Gasteiger partial charge < -0.3 is 14.1 Å². The van der Waals surface area contributed by atoms with Gasteiger partial charge in [0.05, 0.1) is 16.8 Å². The van der Waals surface area contributed by atoms with Crippen LogP contribution in [0.2, 0.25) is 0 Å². The molecule has 6 heteroatoms. The summed E-state index contributed by atoms with van der Waals surface area (Å²) in [7, 11) is 0. The SMILES string of the molecule is c1ccc(-c2nc(-c3ccccc3)nc(-c3ccc4c5c(cccc35)-c3cccc(N(c5ccccc5)c5cccc6oc7ccccc7c56)c3O4)n2)cc1. The minimum absolute atomic E-state index is 0.603. The second-order valence-corrected chi connectivity index (χ2v) is 13.6. The van der Waals surface area contributed by atoms with Crippen LogP contribution in [0.5, 0.6) is 11.5 Å². The summed E-state index contributed by atoms with van der Waals surface area (Å²) in [6.45, 7) is 0. The van der Waals surface area contributed by atoms with Crippen LogP contribution in [0.15, 0.2) is 186 Å². The van der Waals surface area contributed by atoms with Crippen LogP contribution in [0.1, 0.15) is 0 Å². The molecule has 6 nitrogen and oxygen atoms in total. The highest BCUT2D eigenvalue weighted by atomic mass is 16.5. The summed E-state index contributed by atoms with van der Waals surface area (Å²) in [5.41, 5.74) is 9.47. The van der Waals surface area contributed by atoms with Crippen LogP contribution in [0.4, 0.5) is 17.1 Å². The second kappa shape index (κ2) is 12.5. The van der Waals surface area contributed by atoms with E-state index < -0.39 is 0 Å². The summed E-state index contributed by atoms with van der Waals surface area (Å²) >= 11 is 0. The third-order valence-electron chi connectivity index (χ3n) is 10.3. The number of fused-ring (bicyclic) bond motifs is 5. The van der Waals surface area contributed by atoms with E-state index in [1.54, 1.807) is 0 Å². The van der Waals surface area contributed by atoms with E-state index in [1.165, 1.54) is 0 Å². The Bertz CT molecular complexity index is 3010. The lowest BCUT2D eigenvalue weighted by Gasteiger charge is -2.31. The van der Waals surface area contributed by atoms with Gasteiger partial charge in [0.2, 0.25) is 0 Å². The second-order valence-electron chi connectivity index (χ2n) is 13.6. The Hall–Kier alpha value is -7.57. The number of rotatable bonds is 6. The van der Waals surface area contributed by atoms with Crippen molar-refractivity contribution in [1.82, 2.24) is 15.0 Å². The normalized spacial score (nSPS) is 11.8. The molecule has 0 bridgehead atoms. The standard InChI is InChI=1S/C49H30N4O2/c1-4-15-31(16-5-1)47-50-48(32-17-6-2-7-18-32)52-49(51-47)37-29-30-43-44-34(22-12-23-35(37)44)36-24-13-26-40(46(36)55-43)53(33-19-8-3-9-20-33)39-25-14-28-42-45(39)38-21-10-11-27-41(38)54-42/h1-30H. The molecule has 0 unspecified atom stereocenters. The first-order chi connectivity index (χ1) is 27.3. The molecule has 8 aromatic carbocycles. The van der Waals surface area contributed by atoms with Crippen molar-refractivity contribution in [3.05, 3.63) is 182 Å². The van der Waals surface area contributed by atoms with E-state index in [0.717, 1.165) is 89.1 Å². The van der Waals surface area contributed by atoms with Crippen molar-refractivity contribution in [1.29, 1.82) is 0 Å². The number of anilines is 3. The minimum atomic E-state index is 0.603. The quantitative estimate of drug-likeness (QED) is 0.171. The Morgan fingerprint density at radius 1 is 0.382 bits per heavy atom. The molecule has 55 heavy (non-hydrogen) atoms. The smallest absolute Gasteiger partial charge is 0.164 e. The van der Waals surface area contributed by atoms with Crippen LogP contribution in [-0.4, -0.2) is 15.0 Å². The van der Waals surface area contributed by atoms with Crippen molar-refractivity contribution in [3.8, 4) is 56.8 Å². The Balaban J connectivity index is 1.11. The molecule has 0 radical (unpaired) electrons. The van der Waals surface area contributed by atoms with Crippen molar-refractivity contribution < 1.29 is 9.15 Å². The highest BCUT2D eigenvalue weighted by molar-refractivity contribution is 6.15. The Morgan fingerprint density at radius 2 is 0.964 bits per heavy atom. The van der Waals surface area contributed by atoms with Gasteiger partial charge in [0, 0.05) is 38.7 Å². The first-order valence-electron chi connectivity index (χ1n) is 18.3. The molecule has 0 N–H and O–H groups in total. The molecule has 0 saturated carbocycles. The highest BCUT2D eigenvalue weighted by Crippen LogP contribution is 2.54. The van der Waals surface area contributed by atoms with E-state index in [1.807, 2.05) is 91.0 Å². The van der Waals surface area contributed by atoms with Crippen LogP contribution >= 0.6 is 0 Å². The molecule has 0 spiro atoms. The lowest BCUT2D eigenvalue weighted by molar-refractivity contribution is 0.488. The van der Waals surface area contributed by atoms with Gasteiger partial charge >= 0.3 is 0 Å². The van der Waals surface area contributed by atoms with Crippen molar-refractivity contribution in [3.63, 3.8) is 0 Å². The van der Waals surface area contributed by atoms with E-state index in [2.05, 4.69) is 95.9 Å². The summed E-state index contributed by atoms with van der Waals surface area (Å²) < 4.78 is 13.4. The van der Waals surface area contributed by atoms with E-state index in [9.17, 15) is 0 Å². The lowest BCUT2D eigenvalue weighted by atomic mass is 9.91. The third kappa shape index (κ3) is 5.07. The topological polar surface area (TPSA) is 64.3 Å². The zero-order chi connectivity index (χ0) is 36.3. The van der Waals surface area contributed by atoms with Gasteiger partial charge in [0.15, 0.2) is 23.2 Å². The number of ether oxygens (including phenoxy) is 1. The molecule has 0 fully saturated rings. The first-order valence-corrected chi connectivity index (χ1v) is 18.3. The summed E-state index contributed by atoms with van der Waals surface area (Å²) in [4.78, 5) is 17.3. The van der Waals surface area contributed by atoms with Crippen molar-refractivity contribution in [2.45, 2.75) is 0 Å². The monoisotopic (exact) mass is 706 g/mol. The fourth-order valence-electron chi connectivity index (χ4n) is 7.87. The lowest BCUT2D eigenvalue weighted by Crippen LogP contribution is -2.12. The number of benzene rings is 8. The van der Waals surface area contributed by atoms with E-state index in [0.29, 0.717) is 17.5 Å². The van der Waals surface area contributed by atoms with Gasteiger partial charge in [-0.3, -0.25) is 0 Å². The number of hydrogen-bond acceptors (Lipinski definition) is 6. The summed E-state index contributed by atoms with van der Waals surface area (Å²) in [5, 5.41) is 4.13. The van der Waals surface area contributed by atoms with Gasteiger partial charge in [-0.25, -0.2) is 15.0 Å². The van der Waals surface area contributed by atoms with E-state index >= 15 is 0 Å². The summed E-state index contributed by atoms with van der Waals surface area (Å²) in [6.07, 6.45) is 0.